The lowest BCUT2D eigenvalue weighted by Gasteiger charge is -2.26. The molecule has 2 aromatic carbocycles. The van der Waals surface area contributed by atoms with E-state index in [0.717, 1.165) is 73.7 Å². The number of halogens is 3. The van der Waals surface area contributed by atoms with Gasteiger partial charge in [-0.3, -0.25) is 9.69 Å². The van der Waals surface area contributed by atoms with Gasteiger partial charge in [0.25, 0.3) is 5.91 Å². The van der Waals surface area contributed by atoms with Crippen molar-refractivity contribution in [1.82, 2.24) is 20.5 Å². The molecule has 5 rings (SSSR count). The largest absolute Gasteiger partial charge is 0.379 e. The Morgan fingerprint density at radius 2 is 1.91 bits per heavy atom. The van der Waals surface area contributed by atoms with Gasteiger partial charge in [-0.05, 0) is 29.8 Å². The zero-order chi connectivity index (χ0) is 20.5. The topological polar surface area (TPSA) is 69.4 Å². The molecule has 1 saturated heterocycles. The number of nitrogens with zero attached hydrogens (tertiary/aromatic N) is 1. The minimum absolute atomic E-state index is 0. The van der Waals surface area contributed by atoms with E-state index in [1.54, 1.807) is 0 Å². The predicted molar refractivity (Wildman–Crippen MR) is 133 cm³/mol. The van der Waals surface area contributed by atoms with Crippen LogP contribution < -0.4 is 10.6 Å². The molecule has 3 heterocycles. The molecule has 32 heavy (non-hydrogen) atoms. The first-order chi connectivity index (χ1) is 14.7. The molecule has 1 amide bonds. The summed E-state index contributed by atoms with van der Waals surface area (Å²) in [5.41, 5.74) is 5.69. The van der Waals surface area contributed by atoms with Gasteiger partial charge in [0.15, 0.2) is 0 Å². The maximum Gasteiger partial charge on any atom is 0.252 e. The van der Waals surface area contributed by atoms with Crippen LogP contribution in [0.2, 0.25) is 5.02 Å². The normalized spacial score (nSPS) is 15.7. The van der Waals surface area contributed by atoms with Gasteiger partial charge in [0.2, 0.25) is 0 Å². The highest BCUT2D eigenvalue weighted by molar-refractivity contribution is 6.32. The minimum Gasteiger partial charge on any atom is -0.379 e. The van der Waals surface area contributed by atoms with Crippen molar-refractivity contribution in [3.63, 3.8) is 0 Å². The third-order valence-corrected chi connectivity index (χ3v) is 6.28. The van der Waals surface area contributed by atoms with Crippen molar-refractivity contribution >= 4 is 53.2 Å². The molecule has 2 aliphatic rings. The molecular formula is C23H27Cl3N4O2. The van der Waals surface area contributed by atoms with Crippen LogP contribution in [0.3, 0.4) is 0 Å². The first kappa shape index (κ1) is 24.8. The van der Waals surface area contributed by atoms with E-state index in [9.17, 15) is 4.79 Å². The summed E-state index contributed by atoms with van der Waals surface area (Å²) < 4.78 is 5.39. The van der Waals surface area contributed by atoms with E-state index in [1.165, 1.54) is 5.56 Å². The number of carbonyl (C=O) groups excluding carboxylic acids is 1. The third-order valence-electron chi connectivity index (χ3n) is 5.92. The summed E-state index contributed by atoms with van der Waals surface area (Å²) in [7, 11) is 0. The average molecular weight is 498 g/mol. The van der Waals surface area contributed by atoms with E-state index in [2.05, 4.69) is 44.8 Å². The maximum atomic E-state index is 12.3. The molecule has 0 unspecified atom stereocenters. The van der Waals surface area contributed by atoms with Crippen molar-refractivity contribution in [2.45, 2.75) is 13.1 Å². The zero-order valence-electron chi connectivity index (χ0n) is 17.6. The lowest BCUT2D eigenvalue weighted by atomic mass is 10.0. The van der Waals surface area contributed by atoms with E-state index in [4.69, 9.17) is 16.3 Å². The van der Waals surface area contributed by atoms with Crippen molar-refractivity contribution in [2.24, 2.45) is 0 Å². The van der Waals surface area contributed by atoms with Crippen LogP contribution in [0.1, 0.15) is 21.5 Å². The van der Waals surface area contributed by atoms with Gasteiger partial charge in [-0.2, -0.15) is 0 Å². The summed E-state index contributed by atoms with van der Waals surface area (Å²) in [6.45, 7) is 7.04. The third kappa shape index (κ3) is 5.06. The number of rotatable bonds is 6. The molecule has 172 valence electrons. The minimum atomic E-state index is -0.0636. The van der Waals surface area contributed by atoms with Gasteiger partial charge < -0.3 is 20.4 Å². The van der Waals surface area contributed by atoms with Crippen molar-refractivity contribution in [1.29, 1.82) is 0 Å². The van der Waals surface area contributed by atoms with Crippen LogP contribution in [0, 0.1) is 0 Å². The number of H-pyrrole nitrogens is 1. The van der Waals surface area contributed by atoms with Gasteiger partial charge in [0.1, 0.15) is 0 Å². The number of aromatic amines is 1. The Kier molecular flexibility index (Phi) is 8.44. The van der Waals surface area contributed by atoms with Crippen molar-refractivity contribution < 1.29 is 9.53 Å². The molecule has 0 saturated carbocycles. The molecular weight excluding hydrogens is 471 g/mol. The maximum absolute atomic E-state index is 12.3. The second kappa shape index (κ2) is 10.9. The molecule has 3 aromatic rings. The van der Waals surface area contributed by atoms with Crippen LogP contribution in [-0.2, 0) is 17.8 Å². The summed E-state index contributed by atoms with van der Waals surface area (Å²) in [5, 5.41) is 8.18. The SMILES string of the molecule is Cl.Cl.O=C1NCc2c(Cl)ccc(-c3cc4cc(CNCCN5CCOCC5)ccc4[nH]3)c21. The van der Waals surface area contributed by atoms with Crippen LogP contribution in [0.25, 0.3) is 22.2 Å². The highest BCUT2D eigenvalue weighted by atomic mass is 35.5. The quantitative estimate of drug-likeness (QED) is 0.450. The van der Waals surface area contributed by atoms with E-state index >= 15 is 0 Å². The molecule has 0 bridgehead atoms. The number of benzene rings is 2. The molecule has 0 atom stereocenters. The van der Waals surface area contributed by atoms with Crippen molar-refractivity contribution in [2.75, 3.05) is 39.4 Å². The Balaban J connectivity index is 0.00000144. The van der Waals surface area contributed by atoms with E-state index in [1.807, 2.05) is 12.1 Å². The van der Waals surface area contributed by atoms with Crippen molar-refractivity contribution in [3.8, 4) is 11.3 Å². The van der Waals surface area contributed by atoms with Gasteiger partial charge in [-0.15, -0.1) is 24.8 Å². The number of amides is 1. The fourth-order valence-electron chi connectivity index (χ4n) is 4.27. The second-order valence-electron chi connectivity index (χ2n) is 7.87. The lowest BCUT2D eigenvalue weighted by molar-refractivity contribution is 0.0384. The standard InChI is InChI=1S/C23H25ClN4O2.2ClH/c24-19-3-2-17(22-18(19)14-26-23(22)29)21-12-16-11-15(1-4-20(16)27-21)13-25-5-6-28-7-9-30-10-8-28;;/h1-4,11-12,25,27H,5-10,13-14H2,(H,26,29);2*1H. The first-order valence-corrected chi connectivity index (χ1v) is 10.8. The average Bonchev–Trinajstić information content (AvgIpc) is 3.36. The molecule has 1 aromatic heterocycles. The molecule has 9 heteroatoms. The Morgan fingerprint density at radius 3 is 2.72 bits per heavy atom. The van der Waals surface area contributed by atoms with Gasteiger partial charge in [-0.1, -0.05) is 23.7 Å². The number of hydrogen-bond donors (Lipinski definition) is 3. The van der Waals surface area contributed by atoms with Crippen LogP contribution in [0.5, 0.6) is 0 Å². The molecule has 3 N–H and O–H groups in total. The van der Waals surface area contributed by atoms with Crippen LogP contribution in [0.4, 0.5) is 0 Å². The monoisotopic (exact) mass is 496 g/mol. The summed E-state index contributed by atoms with van der Waals surface area (Å²) >= 11 is 6.29. The number of morpholine rings is 1. The van der Waals surface area contributed by atoms with E-state index in [0.29, 0.717) is 17.1 Å². The van der Waals surface area contributed by atoms with Crippen LogP contribution in [-0.4, -0.2) is 55.2 Å². The van der Waals surface area contributed by atoms with Gasteiger partial charge >= 0.3 is 0 Å². The molecule has 0 aliphatic carbocycles. The first-order valence-electron chi connectivity index (χ1n) is 10.4. The number of nitrogens with one attached hydrogen (secondary N) is 3. The molecule has 2 aliphatic heterocycles. The predicted octanol–water partition coefficient (Wildman–Crippen LogP) is 4.00. The zero-order valence-corrected chi connectivity index (χ0v) is 20.0. The van der Waals surface area contributed by atoms with Crippen molar-refractivity contribution in [3.05, 3.63) is 58.1 Å². The molecule has 0 radical (unpaired) electrons. The highest BCUT2D eigenvalue weighted by Gasteiger charge is 2.26. The van der Waals surface area contributed by atoms with E-state index in [-0.39, 0.29) is 30.7 Å². The summed E-state index contributed by atoms with van der Waals surface area (Å²) in [6, 6.07) is 12.3. The van der Waals surface area contributed by atoms with Gasteiger partial charge in [-0.25, -0.2) is 0 Å². The van der Waals surface area contributed by atoms with Gasteiger partial charge in [0, 0.05) is 72.0 Å². The number of hydrogen-bond acceptors (Lipinski definition) is 4. The number of aromatic nitrogens is 1. The lowest BCUT2D eigenvalue weighted by Crippen LogP contribution is -2.40. The Bertz CT molecular complexity index is 1100. The van der Waals surface area contributed by atoms with Crippen LogP contribution >= 0.6 is 36.4 Å². The fraction of sp³-hybridized carbons (Fsp3) is 0.348. The summed E-state index contributed by atoms with van der Waals surface area (Å²) in [5.74, 6) is -0.0636. The van der Waals surface area contributed by atoms with E-state index < -0.39 is 0 Å². The van der Waals surface area contributed by atoms with Crippen LogP contribution in [0.15, 0.2) is 36.4 Å². The number of ether oxygens (including phenoxy) is 1. The smallest absolute Gasteiger partial charge is 0.252 e. The summed E-state index contributed by atoms with van der Waals surface area (Å²) in [6.07, 6.45) is 0. The Morgan fingerprint density at radius 1 is 1.09 bits per heavy atom. The number of fused-ring (bicyclic) bond motifs is 2. The molecule has 0 spiro atoms. The molecule has 1 fully saturated rings. The molecule has 6 nitrogen and oxygen atoms in total. The second-order valence-corrected chi connectivity index (χ2v) is 8.27. The van der Waals surface area contributed by atoms with Gasteiger partial charge in [0.05, 0.1) is 18.8 Å². The highest BCUT2D eigenvalue weighted by Crippen LogP contribution is 2.34. The number of carbonyl (C=O) groups is 1. The fourth-order valence-corrected chi connectivity index (χ4v) is 4.49. The Hall–Kier alpha value is -1.80. The summed E-state index contributed by atoms with van der Waals surface area (Å²) in [4.78, 5) is 18.2. The Labute approximate surface area is 204 Å².